The van der Waals surface area contributed by atoms with Gasteiger partial charge in [-0.1, -0.05) is 6.92 Å². The number of hydrogen-bond acceptors (Lipinski definition) is 5. The molecule has 0 aliphatic carbocycles. The fraction of sp³-hybridized carbons (Fsp3) is 0.500. The van der Waals surface area contributed by atoms with Gasteiger partial charge in [0.2, 0.25) is 0 Å². The summed E-state index contributed by atoms with van der Waals surface area (Å²) < 4.78 is 6.34. The first kappa shape index (κ1) is 14.1. The summed E-state index contributed by atoms with van der Waals surface area (Å²) in [5.74, 6) is 0. The van der Waals surface area contributed by atoms with Crippen LogP contribution >= 0.6 is 11.3 Å². The number of nitrogen functional groups attached to an aromatic ring is 1. The quantitative estimate of drug-likeness (QED) is 0.825. The van der Waals surface area contributed by atoms with Crippen molar-refractivity contribution in [2.24, 2.45) is 0 Å². The van der Waals surface area contributed by atoms with Crippen molar-refractivity contribution in [1.82, 2.24) is 4.98 Å². The fourth-order valence-corrected chi connectivity index (χ4v) is 2.87. The van der Waals surface area contributed by atoms with E-state index in [4.69, 9.17) is 10.5 Å². The van der Waals surface area contributed by atoms with Crippen molar-refractivity contribution in [1.29, 1.82) is 0 Å². The van der Waals surface area contributed by atoms with Crippen molar-refractivity contribution < 1.29 is 4.74 Å². The highest BCUT2D eigenvalue weighted by Crippen LogP contribution is 2.33. The van der Waals surface area contributed by atoms with Gasteiger partial charge in [-0.15, -0.1) is 11.3 Å². The number of nitrogens with two attached hydrogens (primary N) is 1. The lowest BCUT2D eigenvalue weighted by molar-refractivity contribution is 0.203. The lowest BCUT2D eigenvalue weighted by Crippen LogP contribution is -2.36. The first-order valence-corrected chi connectivity index (χ1v) is 7.44. The molecule has 0 saturated carbocycles. The topological polar surface area (TPSA) is 51.4 Å². The molecule has 104 valence electrons. The standard InChI is InChI=1S/C14H21N3OS/c1-4-10(2)17(7-8-18-3)11-5-6-12-14(13(11)15)16-9-19-12/h5-6,9-10H,4,7-8,15H2,1-3H3. The third-order valence-electron chi connectivity index (χ3n) is 3.49. The molecule has 0 radical (unpaired) electrons. The van der Waals surface area contributed by atoms with Gasteiger partial charge in [0.25, 0.3) is 0 Å². The molecule has 1 unspecified atom stereocenters. The highest BCUT2D eigenvalue weighted by Gasteiger charge is 2.17. The number of aromatic nitrogens is 1. The Bertz CT molecular complexity index is 540. The fourth-order valence-electron chi connectivity index (χ4n) is 2.18. The van der Waals surface area contributed by atoms with Crippen LogP contribution in [0.2, 0.25) is 0 Å². The molecule has 1 heterocycles. The van der Waals surface area contributed by atoms with Gasteiger partial charge in [0.15, 0.2) is 0 Å². The Balaban J connectivity index is 2.39. The minimum atomic E-state index is 0.425. The predicted octanol–water partition coefficient (Wildman–Crippen LogP) is 3.13. The van der Waals surface area contributed by atoms with Crippen LogP contribution in [0.25, 0.3) is 10.2 Å². The van der Waals surface area contributed by atoms with E-state index >= 15 is 0 Å². The van der Waals surface area contributed by atoms with Gasteiger partial charge in [0.05, 0.1) is 28.2 Å². The summed E-state index contributed by atoms with van der Waals surface area (Å²) in [5, 5.41) is 0. The molecule has 2 N–H and O–H groups in total. The van der Waals surface area contributed by atoms with Crippen molar-refractivity contribution in [3.63, 3.8) is 0 Å². The number of benzene rings is 1. The Morgan fingerprint density at radius 1 is 1.47 bits per heavy atom. The number of thiazole rings is 1. The summed E-state index contributed by atoms with van der Waals surface area (Å²) in [6, 6.07) is 4.62. The molecule has 0 spiro atoms. The average Bonchev–Trinajstić information content (AvgIpc) is 2.90. The molecule has 1 aromatic heterocycles. The van der Waals surface area contributed by atoms with E-state index in [2.05, 4.69) is 35.9 Å². The van der Waals surface area contributed by atoms with E-state index in [1.54, 1.807) is 18.4 Å². The van der Waals surface area contributed by atoms with Crippen molar-refractivity contribution in [3.8, 4) is 0 Å². The summed E-state index contributed by atoms with van der Waals surface area (Å²) in [7, 11) is 1.72. The van der Waals surface area contributed by atoms with Crippen LogP contribution in [0.15, 0.2) is 17.6 Å². The molecule has 0 fully saturated rings. The van der Waals surface area contributed by atoms with Crippen LogP contribution in [-0.2, 0) is 4.74 Å². The van der Waals surface area contributed by atoms with E-state index in [1.165, 1.54) is 0 Å². The van der Waals surface area contributed by atoms with Gasteiger partial charge in [-0.2, -0.15) is 0 Å². The minimum Gasteiger partial charge on any atom is -0.395 e. The van der Waals surface area contributed by atoms with E-state index in [9.17, 15) is 0 Å². The van der Waals surface area contributed by atoms with Crippen LogP contribution in [0.3, 0.4) is 0 Å². The van der Waals surface area contributed by atoms with Gasteiger partial charge < -0.3 is 15.4 Å². The summed E-state index contributed by atoms with van der Waals surface area (Å²) in [4.78, 5) is 6.67. The molecule has 19 heavy (non-hydrogen) atoms. The molecule has 2 rings (SSSR count). The Morgan fingerprint density at radius 3 is 2.95 bits per heavy atom. The van der Waals surface area contributed by atoms with E-state index in [0.29, 0.717) is 12.6 Å². The molecule has 0 aliphatic rings. The second-order valence-electron chi connectivity index (χ2n) is 4.64. The zero-order valence-corrected chi connectivity index (χ0v) is 12.5. The van der Waals surface area contributed by atoms with Crippen LogP contribution in [0.5, 0.6) is 0 Å². The van der Waals surface area contributed by atoms with E-state index in [-0.39, 0.29) is 0 Å². The molecule has 0 saturated heterocycles. The maximum absolute atomic E-state index is 6.29. The SMILES string of the molecule is CCC(C)N(CCOC)c1ccc2scnc2c1N. The first-order valence-electron chi connectivity index (χ1n) is 6.56. The molecule has 1 aromatic carbocycles. The van der Waals surface area contributed by atoms with Gasteiger partial charge in [-0.05, 0) is 25.5 Å². The van der Waals surface area contributed by atoms with E-state index < -0.39 is 0 Å². The van der Waals surface area contributed by atoms with Crippen molar-refractivity contribution in [2.45, 2.75) is 26.3 Å². The lowest BCUT2D eigenvalue weighted by Gasteiger charge is -2.31. The van der Waals surface area contributed by atoms with Crippen molar-refractivity contribution >= 4 is 32.9 Å². The maximum Gasteiger partial charge on any atom is 0.106 e. The number of ether oxygens (including phenoxy) is 1. The number of rotatable bonds is 6. The molecule has 2 aromatic rings. The minimum absolute atomic E-state index is 0.425. The summed E-state index contributed by atoms with van der Waals surface area (Å²) in [6.07, 6.45) is 1.07. The second-order valence-corrected chi connectivity index (χ2v) is 5.53. The van der Waals surface area contributed by atoms with Crippen LogP contribution in [0.4, 0.5) is 11.4 Å². The third-order valence-corrected chi connectivity index (χ3v) is 4.28. The molecular weight excluding hydrogens is 258 g/mol. The second kappa shape index (κ2) is 6.21. The van der Waals surface area contributed by atoms with Crippen LogP contribution in [0.1, 0.15) is 20.3 Å². The molecular formula is C14H21N3OS. The Hall–Kier alpha value is -1.33. The van der Waals surface area contributed by atoms with E-state index in [0.717, 1.165) is 34.6 Å². The number of hydrogen-bond donors (Lipinski definition) is 1. The largest absolute Gasteiger partial charge is 0.395 e. The van der Waals surface area contributed by atoms with Gasteiger partial charge in [-0.3, -0.25) is 0 Å². The highest BCUT2D eigenvalue weighted by molar-refractivity contribution is 7.16. The Labute approximate surface area is 118 Å². The van der Waals surface area contributed by atoms with E-state index in [1.807, 2.05) is 5.51 Å². The number of anilines is 2. The molecule has 0 aliphatic heterocycles. The van der Waals surface area contributed by atoms with Gasteiger partial charge in [0.1, 0.15) is 5.52 Å². The Kier molecular flexibility index (Phi) is 4.61. The van der Waals surface area contributed by atoms with Crippen molar-refractivity contribution in [2.75, 3.05) is 30.9 Å². The highest BCUT2D eigenvalue weighted by atomic mass is 32.1. The zero-order chi connectivity index (χ0) is 13.8. The predicted molar refractivity (Wildman–Crippen MR) is 83.0 cm³/mol. The van der Waals surface area contributed by atoms with Crippen LogP contribution in [0, 0.1) is 0 Å². The molecule has 1 atom stereocenters. The smallest absolute Gasteiger partial charge is 0.106 e. The summed E-state index contributed by atoms with van der Waals surface area (Å²) in [6.45, 7) is 5.92. The van der Waals surface area contributed by atoms with Gasteiger partial charge >= 0.3 is 0 Å². The molecule has 0 bridgehead atoms. The van der Waals surface area contributed by atoms with Crippen molar-refractivity contribution in [3.05, 3.63) is 17.6 Å². The number of nitrogens with zero attached hydrogens (tertiary/aromatic N) is 2. The number of methoxy groups -OCH3 is 1. The Morgan fingerprint density at radius 2 is 2.26 bits per heavy atom. The van der Waals surface area contributed by atoms with Gasteiger partial charge in [0, 0.05) is 19.7 Å². The molecule has 4 nitrogen and oxygen atoms in total. The summed E-state index contributed by atoms with van der Waals surface area (Å²) >= 11 is 1.62. The third kappa shape index (κ3) is 2.82. The molecule has 5 heteroatoms. The van der Waals surface area contributed by atoms with Crippen LogP contribution < -0.4 is 10.6 Å². The maximum atomic E-state index is 6.29. The lowest BCUT2D eigenvalue weighted by atomic mass is 10.1. The average molecular weight is 279 g/mol. The normalized spacial score (nSPS) is 12.8. The van der Waals surface area contributed by atoms with Gasteiger partial charge in [-0.25, -0.2) is 4.98 Å². The molecule has 0 amide bonds. The first-order chi connectivity index (χ1) is 9.19. The zero-order valence-electron chi connectivity index (χ0n) is 11.7. The number of fused-ring (bicyclic) bond motifs is 1. The monoisotopic (exact) mass is 279 g/mol. The summed E-state index contributed by atoms with van der Waals surface area (Å²) in [5.41, 5.74) is 10.9. The van der Waals surface area contributed by atoms with Crippen LogP contribution in [-0.4, -0.2) is 31.3 Å².